The number of anilines is 1. The standard InChI is InChI=1S/C14H18N4/c1-3-4-6-10(2)18-12-8-5-7-11(9-15)13(12)17-14(18)16/h5,7-8,10H,3-4,6H2,1-2H3,(H2,16,17). The number of aromatic nitrogens is 2. The second-order valence-electron chi connectivity index (χ2n) is 4.62. The van der Waals surface area contributed by atoms with Crippen molar-refractivity contribution in [3.63, 3.8) is 0 Å². The van der Waals surface area contributed by atoms with Crippen molar-refractivity contribution < 1.29 is 0 Å². The number of hydrogen-bond acceptors (Lipinski definition) is 3. The average molecular weight is 242 g/mol. The number of nitrogens with two attached hydrogens (primary N) is 1. The van der Waals surface area contributed by atoms with E-state index in [2.05, 4.69) is 24.9 Å². The summed E-state index contributed by atoms with van der Waals surface area (Å²) in [4.78, 5) is 4.33. The van der Waals surface area contributed by atoms with Gasteiger partial charge in [0.15, 0.2) is 0 Å². The summed E-state index contributed by atoms with van der Waals surface area (Å²) in [6, 6.07) is 8.10. The maximum Gasteiger partial charge on any atom is 0.201 e. The van der Waals surface area contributed by atoms with E-state index in [0.29, 0.717) is 23.1 Å². The van der Waals surface area contributed by atoms with Crippen LogP contribution >= 0.6 is 0 Å². The normalized spacial score (nSPS) is 12.5. The molecule has 0 spiro atoms. The van der Waals surface area contributed by atoms with Gasteiger partial charge in [0.25, 0.3) is 0 Å². The van der Waals surface area contributed by atoms with Crippen molar-refractivity contribution in [2.75, 3.05) is 5.73 Å². The molecule has 0 bridgehead atoms. The number of unbranched alkanes of at least 4 members (excludes halogenated alkanes) is 1. The summed E-state index contributed by atoms with van der Waals surface area (Å²) in [5.41, 5.74) is 8.24. The lowest BCUT2D eigenvalue weighted by Crippen LogP contribution is -2.08. The van der Waals surface area contributed by atoms with E-state index in [1.54, 1.807) is 6.07 Å². The minimum Gasteiger partial charge on any atom is -0.369 e. The van der Waals surface area contributed by atoms with Crippen molar-refractivity contribution in [3.05, 3.63) is 23.8 Å². The Kier molecular flexibility index (Phi) is 3.52. The minimum atomic E-state index is 0.309. The SMILES string of the molecule is CCCCC(C)n1c(N)nc2c(C#N)cccc21. The zero-order valence-electron chi connectivity index (χ0n) is 10.8. The third kappa shape index (κ3) is 2.04. The summed E-state index contributed by atoms with van der Waals surface area (Å²) in [6.07, 6.45) is 3.40. The molecule has 1 atom stereocenters. The van der Waals surface area contributed by atoms with Gasteiger partial charge in [-0.15, -0.1) is 0 Å². The number of imidazole rings is 1. The van der Waals surface area contributed by atoms with Gasteiger partial charge >= 0.3 is 0 Å². The van der Waals surface area contributed by atoms with Crippen LogP contribution in [0.4, 0.5) is 5.95 Å². The highest BCUT2D eigenvalue weighted by atomic mass is 15.2. The fourth-order valence-corrected chi connectivity index (χ4v) is 2.32. The molecule has 0 saturated carbocycles. The lowest BCUT2D eigenvalue weighted by molar-refractivity contribution is 0.501. The van der Waals surface area contributed by atoms with E-state index in [1.807, 2.05) is 16.7 Å². The number of fused-ring (bicyclic) bond motifs is 1. The van der Waals surface area contributed by atoms with Crippen LogP contribution in [0.5, 0.6) is 0 Å². The van der Waals surface area contributed by atoms with Crippen LogP contribution in [0.3, 0.4) is 0 Å². The molecule has 0 saturated heterocycles. The molecule has 0 fully saturated rings. The van der Waals surface area contributed by atoms with Crippen LogP contribution in [-0.2, 0) is 0 Å². The van der Waals surface area contributed by atoms with E-state index in [0.717, 1.165) is 18.4 Å². The average Bonchev–Trinajstić information content (AvgIpc) is 2.71. The van der Waals surface area contributed by atoms with E-state index in [1.165, 1.54) is 6.42 Å². The molecule has 1 aromatic heterocycles. The van der Waals surface area contributed by atoms with Crippen molar-refractivity contribution in [2.45, 2.75) is 39.2 Å². The Labute approximate surface area is 107 Å². The number of nitriles is 1. The Morgan fingerprint density at radius 1 is 1.50 bits per heavy atom. The van der Waals surface area contributed by atoms with E-state index >= 15 is 0 Å². The molecule has 4 heteroatoms. The first-order chi connectivity index (χ1) is 8.69. The lowest BCUT2D eigenvalue weighted by Gasteiger charge is -2.15. The number of rotatable bonds is 4. The number of nitrogens with zero attached hydrogens (tertiary/aromatic N) is 3. The fraction of sp³-hybridized carbons (Fsp3) is 0.429. The van der Waals surface area contributed by atoms with Gasteiger partial charge in [0.1, 0.15) is 11.6 Å². The Hall–Kier alpha value is -2.02. The quantitative estimate of drug-likeness (QED) is 0.894. The van der Waals surface area contributed by atoms with Crippen LogP contribution in [0.25, 0.3) is 11.0 Å². The van der Waals surface area contributed by atoms with Crippen LogP contribution in [-0.4, -0.2) is 9.55 Å². The summed E-state index contributed by atoms with van der Waals surface area (Å²) >= 11 is 0. The molecular weight excluding hydrogens is 224 g/mol. The zero-order chi connectivity index (χ0) is 13.1. The van der Waals surface area contributed by atoms with E-state index in [4.69, 9.17) is 11.0 Å². The van der Waals surface area contributed by atoms with Gasteiger partial charge in [-0.2, -0.15) is 5.26 Å². The van der Waals surface area contributed by atoms with Gasteiger partial charge in [0.2, 0.25) is 5.95 Å². The van der Waals surface area contributed by atoms with Crippen molar-refractivity contribution in [3.8, 4) is 6.07 Å². The third-order valence-corrected chi connectivity index (χ3v) is 3.28. The first-order valence-electron chi connectivity index (χ1n) is 6.35. The van der Waals surface area contributed by atoms with Crippen LogP contribution in [0.2, 0.25) is 0 Å². The first kappa shape index (κ1) is 12.4. The highest BCUT2D eigenvalue weighted by molar-refractivity contribution is 5.84. The van der Waals surface area contributed by atoms with Gasteiger partial charge < -0.3 is 10.3 Å². The third-order valence-electron chi connectivity index (χ3n) is 3.28. The molecule has 2 aromatic rings. The molecule has 94 valence electrons. The number of nitrogen functional groups attached to an aromatic ring is 1. The van der Waals surface area contributed by atoms with Gasteiger partial charge in [-0.1, -0.05) is 25.8 Å². The molecule has 2 rings (SSSR count). The fourth-order valence-electron chi connectivity index (χ4n) is 2.32. The Bertz CT molecular complexity index is 592. The van der Waals surface area contributed by atoms with Gasteiger partial charge in [0, 0.05) is 6.04 Å². The molecular formula is C14H18N4. The maximum atomic E-state index is 9.08. The highest BCUT2D eigenvalue weighted by Gasteiger charge is 2.15. The molecule has 18 heavy (non-hydrogen) atoms. The summed E-state index contributed by atoms with van der Waals surface area (Å²) in [5.74, 6) is 0.497. The molecule has 0 amide bonds. The van der Waals surface area contributed by atoms with Crippen molar-refractivity contribution in [2.24, 2.45) is 0 Å². The molecule has 0 aliphatic carbocycles. The van der Waals surface area contributed by atoms with Crippen LogP contribution in [0.1, 0.15) is 44.7 Å². The summed E-state index contributed by atoms with van der Waals surface area (Å²) in [5, 5.41) is 9.08. The van der Waals surface area contributed by atoms with E-state index in [-0.39, 0.29) is 0 Å². The van der Waals surface area contributed by atoms with Gasteiger partial charge in [0.05, 0.1) is 11.1 Å². The largest absolute Gasteiger partial charge is 0.369 e. The molecule has 1 unspecified atom stereocenters. The Balaban J connectivity index is 2.51. The molecule has 0 aliphatic heterocycles. The van der Waals surface area contributed by atoms with Crippen molar-refractivity contribution in [1.82, 2.24) is 9.55 Å². The van der Waals surface area contributed by atoms with Gasteiger partial charge in [-0.3, -0.25) is 0 Å². The number of para-hydroxylation sites is 1. The monoisotopic (exact) mass is 242 g/mol. The predicted octanol–water partition coefficient (Wildman–Crippen LogP) is 3.24. The molecule has 0 aliphatic rings. The van der Waals surface area contributed by atoms with Gasteiger partial charge in [-0.05, 0) is 25.5 Å². The van der Waals surface area contributed by atoms with Crippen LogP contribution in [0, 0.1) is 11.3 Å². The van der Waals surface area contributed by atoms with Crippen molar-refractivity contribution in [1.29, 1.82) is 5.26 Å². The van der Waals surface area contributed by atoms with Crippen molar-refractivity contribution >= 4 is 17.0 Å². The second kappa shape index (κ2) is 5.09. The molecule has 1 aromatic carbocycles. The first-order valence-corrected chi connectivity index (χ1v) is 6.35. The summed E-state index contributed by atoms with van der Waals surface area (Å²) in [6.45, 7) is 4.32. The van der Waals surface area contributed by atoms with E-state index in [9.17, 15) is 0 Å². The smallest absolute Gasteiger partial charge is 0.201 e. The van der Waals surface area contributed by atoms with E-state index < -0.39 is 0 Å². The van der Waals surface area contributed by atoms with Crippen LogP contribution in [0.15, 0.2) is 18.2 Å². The second-order valence-corrected chi connectivity index (χ2v) is 4.62. The number of hydrogen-bond donors (Lipinski definition) is 1. The van der Waals surface area contributed by atoms with Gasteiger partial charge in [-0.25, -0.2) is 4.98 Å². The lowest BCUT2D eigenvalue weighted by atomic mass is 10.1. The Morgan fingerprint density at radius 2 is 2.28 bits per heavy atom. The molecule has 0 radical (unpaired) electrons. The van der Waals surface area contributed by atoms with Crippen LogP contribution < -0.4 is 5.73 Å². The topological polar surface area (TPSA) is 67.6 Å². The number of benzene rings is 1. The zero-order valence-corrected chi connectivity index (χ0v) is 10.8. The highest BCUT2D eigenvalue weighted by Crippen LogP contribution is 2.27. The molecule has 2 N–H and O–H groups in total. The summed E-state index contributed by atoms with van der Waals surface area (Å²) in [7, 11) is 0. The summed E-state index contributed by atoms with van der Waals surface area (Å²) < 4.78 is 2.03. The maximum absolute atomic E-state index is 9.08. The predicted molar refractivity (Wildman–Crippen MR) is 73.1 cm³/mol. The Morgan fingerprint density at radius 3 is 2.94 bits per heavy atom. The molecule has 1 heterocycles. The molecule has 4 nitrogen and oxygen atoms in total. The minimum absolute atomic E-state index is 0.309.